The van der Waals surface area contributed by atoms with Crippen LogP contribution >= 0.6 is 23.2 Å². The highest BCUT2D eigenvalue weighted by atomic mass is 35.5. The van der Waals surface area contributed by atoms with Gasteiger partial charge >= 0.3 is 0 Å². The van der Waals surface area contributed by atoms with Gasteiger partial charge in [-0.05, 0) is 31.7 Å². The molecule has 0 aromatic carbocycles. The van der Waals surface area contributed by atoms with E-state index < -0.39 is 0 Å². The van der Waals surface area contributed by atoms with Gasteiger partial charge in [0.25, 0.3) is 0 Å². The van der Waals surface area contributed by atoms with Crippen LogP contribution in [-0.4, -0.2) is 21.3 Å². The average molecular weight is 378 g/mol. The van der Waals surface area contributed by atoms with Crippen LogP contribution < -0.4 is 4.90 Å². The van der Waals surface area contributed by atoms with Crippen molar-refractivity contribution in [1.29, 1.82) is 5.26 Å². The average Bonchev–Trinajstić information content (AvgIpc) is 3.12. The van der Waals surface area contributed by atoms with Gasteiger partial charge in [0.15, 0.2) is 0 Å². The Kier molecular flexibility index (Phi) is 5.21. The van der Waals surface area contributed by atoms with Crippen LogP contribution in [0.4, 0.5) is 5.82 Å². The van der Waals surface area contributed by atoms with Crippen molar-refractivity contribution in [3.8, 4) is 6.07 Å². The number of hydrogen-bond acceptors (Lipinski definition) is 4. The van der Waals surface area contributed by atoms with E-state index in [1.807, 2.05) is 11.6 Å². The maximum absolute atomic E-state index is 9.23. The lowest BCUT2D eigenvalue weighted by Crippen LogP contribution is -2.24. The second kappa shape index (κ2) is 7.23. The molecule has 2 aromatic heterocycles. The molecular formula is C18H21Cl2N5. The van der Waals surface area contributed by atoms with E-state index in [4.69, 9.17) is 23.2 Å². The zero-order valence-electron chi connectivity index (χ0n) is 14.6. The molecule has 132 valence electrons. The summed E-state index contributed by atoms with van der Waals surface area (Å²) in [5.41, 5.74) is 2.42. The van der Waals surface area contributed by atoms with Crippen LogP contribution in [0.1, 0.15) is 49.6 Å². The number of nitriles is 1. The summed E-state index contributed by atoms with van der Waals surface area (Å²) in [5, 5.41) is 15.0. The highest BCUT2D eigenvalue weighted by Gasteiger charge is 2.33. The van der Waals surface area contributed by atoms with Gasteiger partial charge in [0, 0.05) is 24.8 Å². The molecule has 0 N–H and O–H groups in total. The van der Waals surface area contributed by atoms with Crippen LogP contribution in [0.25, 0.3) is 0 Å². The molecule has 7 heteroatoms. The van der Waals surface area contributed by atoms with E-state index in [9.17, 15) is 5.26 Å². The molecule has 0 radical (unpaired) electrons. The fourth-order valence-electron chi connectivity index (χ4n) is 3.45. The first-order chi connectivity index (χ1) is 11.9. The number of aryl methyl sites for hydroxylation is 1. The van der Waals surface area contributed by atoms with Crippen LogP contribution in [0.3, 0.4) is 0 Å². The monoisotopic (exact) mass is 377 g/mol. The summed E-state index contributed by atoms with van der Waals surface area (Å²) in [5.74, 6) is 1.11. The van der Waals surface area contributed by atoms with Crippen molar-refractivity contribution in [2.45, 2.75) is 46.2 Å². The number of hydrogen-bond donors (Lipinski definition) is 0. The number of anilines is 1. The lowest BCUT2D eigenvalue weighted by atomic mass is 10.1. The minimum absolute atomic E-state index is 0.0763. The molecule has 0 amide bonds. The first kappa shape index (κ1) is 18.0. The molecule has 3 heterocycles. The Bertz CT molecular complexity index is 822. The van der Waals surface area contributed by atoms with Crippen molar-refractivity contribution in [1.82, 2.24) is 14.8 Å². The van der Waals surface area contributed by atoms with Crippen molar-refractivity contribution in [2.24, 2.45) is 5.92 Å². The molecule has 1 fully saturated rings. The van der Waals surface area contributed by atoms with Gasteiger partial charge in [0.05, 0.1) is 17.3 Å². The molecule has 1 unspecified atom stereocenters. The molecule has 0 spiro atoms. The number of halogens is 2. The summed E-state index contributed by atoms with van der Waals surface area (Å²) < 4.78 is 1.88. The van der Waals surface area contributed by atoms with E-state index in [2.05, 4.69) is 34.9 Å². The smallest absolute Gasteiger partial charge is 0.149 e. The van der Waals surface area contributed by atoms with Gasteiger partial charge in [0.2, 0.25) is 0 Å². The summed E-state index contributed by atoms with van der Waals surface area (Å²) >= 11 is 13.1. The Balaban J connectivity index is 2.01. The van der Waals surface area contributed by atoms with Crippen LogP contribution in [0.2, 0.25) is 10.2 Å². The minimum Gasteiger partial charge on any atom is -0.348 e. The Morgan fingerprint density at radius 1 is 1.40 bits per heavy atom. The van der Waals surface area contributed by atoms with Crippen molar-refractivity contribution >= 4 is 29.0 Å². The lowest BCUT2D eigenvalue weighted by molar-refractivity contribution is 0.481. The standard InChI is InChI=1S/C18H21Cl2N5/c1-11(2)10-25-17(20)15(12(3)23-25)14-5-4-8-24(14)18-16(19)13(9-21)6-7-22-18/h6-7,11,14H,4-5,8,10H2,1-3H3. The Hall–Kier alpha value is -1.77. The summed E-state index contributed by atoms with van der Waals surface area (Å²) in [6.45, 7) is 7.90. The van der Waals surface area contributed by atoms with E-state index in [1.165, 1.54) is 0 Å². The maximum Gasteiger partial charge on any atom is 0.149 e. The van der Waals surface area contributed by atoms with Crippen molar-refractivity contribution in [2.75, 3.05) is 11.4 Å². The second-order valence-corrected chi connectivity index (χ2v) is 7.56. The third kappa shape index (κ3) is 3.33. The maximum atomic E-state index is 9.23. The molecule has 1 aliphatic rings. The molecule has 1 aliphatic heterocycles. The first-order valence-electron chi connectivity index (χ1n) is 8.48. The van der Waals surface area contributed by atoms with Crippen LogP contribution in [0.15, 0.2) is 12.3 Å². The highest BCUT2D eigenvalue weighted by molar-refractivity contribution is 6.34. The number of nitrogens with zero attached hydrogens (tertiary/aromatic N) is 5. The topological polar surface area (TPSA) is 57.7 Å². The van der Waals surface area contributed by atoms with Crippen LogP contribution in [-0.2, 0) is 6.54 Å². The predicted octanol–water partition coefficient (Wildman–Crippen LogP) is 4.76. The van der Waals surface area contributed by atoms with Crippen molar-refractivity contribution < 1.29 is 0 Å². The van der Waals surface area contributed by atoms with Gasteiger partial charge in [-0.25, -0.2) is 4.98 Å². The number of aromatic nitrogens is 3. The fraction of sp³-hybridized carbons (Fsp3) is 0.500. The van der Waals surface area contributed by atoms with E-state index in [0.717, 1.165) is 37.2 Å². The SMILES string of the molecule is Cc1nn(CC(C)C)c(Cl)c1C1CCCN1c1nccc(C#N)c1Cl. The van der Waals surface area contributed by atoms with E-state index in [-0.39, 0.29) is 6.04 Å². The largest absolute Gasteiger partial charge is 0.348 e. The van der Waals surface area contributed by atoms with Crippen LogP contribution in [0.5, 0.6) is 0 Å². The normalized spacial score (nSPS) is 17.3. The van der Waals surface area contributed by atoms with Gasteiger partial charge in [-0.3, -0.25) is 4.68 Å². The van der Waals surface area contributed by atoms with Gasteiger partial charge in [-0.15, -0.1) is 0 Å². The molecule has 25 heavy (non-hydrogen) atoms. The molecule has 0 bridgehead atoms. The van der Waals surface area contributed by atoms with Gasteiger partial charge < -0.3 is 4.90 Å². The molecule has 3 rings (SSSR count). The summed E-state index contributed by atoms with van der Waals surface area (Å²) in [7, 11) is 0. The van der Waals surface area contributed by atoms with Crippen LogP contribution in [0, 0.1) is 24.2 Å². The fourth-order valence-corrected chi connectivity index (χ4v) is 4.08. The molecule has 2 aromatic rings. The molecule has 1 saturated heterocycles. The predicted molar refractivity (Wildman–Crippen MR) is 100 cm³/mol. The second-order valence-electron chi connectivity index (χ2n) is 6.83. The first-order valence-corrected chi connectivity index (χ1v) is 9.23. The Labute approximate surface area is 158 Å². The Morgan fingerprint density at radius 2 is 2.16 bits per heavy atom. The molecule has 5 nitrogen and oxygen atoms in total. The third-order valence-corrected chi connectivity index (χ3v) is 5.27. The van der Waals surface area contributed by atoms with Gasteiger partial charge in [0.1, 0.15) is 22.1 Å². The van der Waals surface area contributed by atoms with Gasteiger partial charge in [-0.2, -0.15) is 10.4 Å². The summed E-state index contributed by atoms with van der Waals surface area (Å²) in [4.78, 5) is 6.58. The minimum atomic E-state index is 0.0763. The lowest BCUT2D eigenvalue weighted by Gasteiger charge is -2.27. The van der Waals surface area contributed by atoms with Crippen molar-refractivity contribution in [3.05, 3.63) is 39.3 Å². The number of pyridine rings is 1. The molecule has 0 saturated carbocycles. The zero-order valence-corrected chi connectivity index (χ0v) is 16.1. The van der Waals surface area contributed by atoms with Gasteiger partial charge in [-0.1, -0.05) is 37.0 Å². The van der Waals surface area contributed by atoms with E-state index in [1.54, 1.807) is 12.3 Å². The summed E-state index contributed by atoms with van der Waals surface area (Å²) in [6, 6.07) is 3.83. The van der Waals surface area contributed by atoms with Crippen molar-refractivity contribution in [3.63, 3.8) is 0 Å². The zero-order chi connectivity index (χ0) is 18.1. The third-order valence-electron chi connectivity index (χ3n) is 4.50. The number of rotatable bonds is 4. The molecule has 0 aliphatic carbocycles. The molecular weight excluding hydrogens is 357 g/mol. The van der Waals surface area contributed by atoms with E-state index >= 15 is 0 Å². The quantitative estimate of drug-likeness (QED) is 0.770. The molecule has 1 atom stereocenters. The van der Waals surface area contributed by atoms with E-state index in [0.29, 0.717) is 27.5 Å². The summed E-state index contributed by atoms with van der Waals surface area (Å²) in [6.07, 6.45) is 3.61. The Morgan fingerprint density at radius 3 is 2.84 bits per heavy atom. The highest BCUT2D eigenvalue weighted by Crippen LogP contribution is 2.42.